The van der Waals surface area contributed by atoms with E-state index in [9.17, 15) is 42.4 Å². The summed E-state index contributed by atoms with van der Waals surface area (Å²) in [5, 5.41) is 46.2. The van der Waals surface area contributed by atoms with Crippen molar-refractivity contribution in [3.05, 3.63) is 53.6 Å². The van der Waals surface area contributed by atoms with Gasteiger partial charge in [-0.05, 0) is 54.3 Å². The highest BCUT2D eigenvalue weighted by Crippen LogP contribution is 2.49. The summed E-state index contributed by atoms with van der Waals surface area (Å²) in [6.07, 6.45) is -7.34. The molecule has 0 bridgehead atoms. The van der Waals surface area contributed by atoms with E-state index in [4.69, 9.17) is 4.74 Å². The lowest BCUT2D eigenvalue weighted by Gasteiger charge is -2.42. The zero-order valence-electron chi connectivity index (χ0n) is 25.8. The van der Waals surface area contributed by atoms with E-state index in [1.165, 1.54) is 0 Å². The van der Waals surface area contributed by atoms with Crippen molar-refractivity contribution in [3.8, 4) is 0 Å². The van der Waals surface area contributed by atoms with Crippen molar-refractivity contribution in [2.45, 2.75) is 86.9 Å². The minimum Gasteiger partial charge on any atom is -0.393 e. The smallest absolute Gasteiger partial charge is 0.321 e. The summed E-state index contributed by atoms with van der Waals surface area (Å²) in [4.78, 5) is 14.9. The molecule has 0 spiro atoms. The van der Waals surface area contributed by atoms with E-state index in [1.54, 1.807) is 42.5 Å². The second-order valence-electron chi connectivity index (χ2n) is 12.2. The van der Waals surface area contributed by atoms with Gasteiger partial charge in [0.2, 0.25) is 0 Å². The molecule has 7 atom stereocenters. The van der Waals surface area contributed by atoms with Crippen molar-refractivity contribution in [3.63, 3.8) is 0 Å². The molecule has 2 aromatic carbocycles. The van der Waals surface area contributed by atoms with Crippen LogP contribution in [0.5, 0.6) is 0 Å². The molecule has 2 heterocycles. The average molecular weight is 656 g/mol. The Morgan fingerprint density at radius 1 is 1.09 bits per heavy atom. The van der Waals surface area contributed by atoms with Crippen LogP contribution in [-0.2, 0) is 14.6 Å². The van der Waals surface area contributed by atoms with Gasteiger partial charge < -0.3 is 40.7 Å². The van der Waals surface area contributed by atoms with E-state index < -0.39 is 70.4 Å². The number of fused-ring (bicyclic) bond motifs is 1. The number of anilines is 2. The van der Waals surface area contributed by atoms with Crippen molar-refractivity contribution >= 4 is 27.2 Å². The van der Waals surface area contributed by atoms with Crippen LogP contribution < -0.4 is 15.5 Å². The molecule has 0 radical (unpaired) electrons. The second kappa shape index (κ2) is 13.5. The fourth-order valence-corrected chi connectivity index (χ4v) is 8.58. The molecular weight excluding hydrogens is 612 g/mol. The summed E-state index contributed by atoms with van der Waals surface area (Å²) >= 11 is 0. The number of carbonyl (C=O) groups excluding carboxylic acids is 1. The van der Waals surface area contributed by atoms with Crippen molar-refractivity contribution in [2.75, 3.05) is 36.7 Å². The molecule has 4 rings (SSSR count). The Morgan fingerprint density at radius 3 is 2.42 bits per heavy atom. The molecule has 0 saturated carbocycles. The Hall–Kier alpha value is -2.88. The normalized spacial score (nSPS) is 30.5. The molecule has 1 saturated heterocycles. The number of nitrogens with one attached hydrogen (secondary N) is 2. The molecule has 2 amide bonds. The van der Waals surface area contributed by atoms with Gasteiger partial charge in [0.15, 0.2) is 22.2 Å². The fraction of sp³-hybridized carbons (Fsp3) is 0.581. The van der Waals surface area contributed by atoms with Gasteiger partial charge in [0, 0.05) is 36.8 Å². The van der Waals surface area contributed by atoms with Gasteiger partial charge in [-0.25, -0.2) is 22.0 Å². The highest BCUT2D eigenvalue weighted by molar-refractivity contribution is 7.91. The third kappa shape index (κ3) is 6.81. The van der Waals surface area contributed by atoms with Gasteiger partial charge in [0.05, 0.1) is 23.4 Å². The largest absolute Gasteiger partial charge is 0.393 e. The Labute approximate surface area is 262 Å². The highest BCUT2D eigenvalue weighted by Gasteiger charge is 2.57. The van der Waals surface area contributed by atoms with Gasteiger partial charge >= 0.3 is 12.0 Å². The Kier molecular flexibility index (Phi) is 10.5. The van der Waals surface area contributed by atoms with Crippen LogP contribution >= 0.6 is 0 Å². The van der Waals surface area contributed by atoms with Crippen LogP contribution in [0.25, 0.3) is 0 Å². The topological polar surface area (TPSA) is 169 Å². The summed E-state index contributed by atoms with van der Waals surface area (Å²) in [6, 6.07) is 10.6. The third-order valence-electron chi connectivity index (χ3n) is 9.04. The lowest BCUT2D eigenvalue weighted by atomic mass is 9.69. The summed E-state index contributed by atoms with van der Waals surface area (Å²) in [7, 11) is -0.146. The molecule has 1 fully saturated rings. The molecule has 250 valence electrons. The van der Waals surface area contributed by atoms with Crippen LogP contribution in [0.1, 0.15) is 56.6 Å². The van der Waals surface area contributed by atoms with Crippen LogP contribution in [0, 0.1) is 5.41 Å². The summed E-state index contributed by atoms with van der Waals surface area (Å²) < 4.78 is 61.0. The summed E-state index contributed by atoms with van der Waals surface area (Å²) in [5.41, 5.74) is 0.990. The Balaban J connectivity index is 1.71. The number of urea groups is 1. The van der Waals surface area contributed by atoms with E-state index in [-0.39, 0.29) is 16.3 Å². The van der Waals surface area contributed by atoms with Crippen molar-refractivity contribution in [1.29, 1.82) is 0 Å². The number of sulfone groups is 1. The number of benzene rings is 2. The number of ether oxygens (including phenoxy) is 1. The number of carbonyl (C=O) groups is 1. The SMILES string of the molecule is CCCC[C@]1(CC)CS(=O)(=O)c2ccc(N(C)C)cc2[C@@H](c2cccc(NC(=O)N[C@@H]3O[C@H](CO)C(F)(F)[C@H](O)[C@H]3O)c2)[C@H]1O. The van der Waals surface area contributed by atoms with E-state index in [0.717, 1.165) is 18.5 Å². The molecule has 0 aromatic heterocycles. The van der Waals surface area contributed by atoms with Gasteiger partial charge in [-0.2, -0.15) is 0 Å². The molecule has 11 nitrogen and oxygen atoms in total. The minimum absolute atomic E-state index is 0.136. The van der Waals surface area contributed by atoms with E-state index >= 15 is 0 Å². The number of halogens is 2. The quantitative estimate of drug-likeness (QED) is 0.238. The van der Waals surface area contributed by atoms with Crippen LogP contribution in [-0.4, -0.2) is 97.9 Å². The molecule has 14 heteroatoms. The number of amides is 2. The molecule has 2 aliphatic rings. The first-order valence-electron chi connectivity index (χ1n) is 15.0. The van der Waals surface area contributed by atoms with E-state index in [1.807, 2.05) is 32.8 Å². The van der Waals surface area contributed by atoms with Crippen LogP contribution in [0.3, 0.4) is 0 Å². The van der Waals surface area contributed by atoms with E-state index in [2.05, 4.69) is 10.6 Å². The average Bonchev–Trinajstić information content (AvgIpc) is 3.06. The summed E-state index contributed by atoms with van der Waals surface area (Å²) in [6.45, 7) is 2.72. The maximum Gasteiger partial charge on any atom is 0.321 e. The predicted octanol–water partition coefficient (Wildman–Crippen LogP) is 2.82. The van der Waals surface area contributed by atoms with Crippen molar-refractivity contribution in [1.82, 2.24) is 5.32 Å². The maximum absolute atomic E-state index is 14.1. The molecule has 0 aliphatic carbocycles. The number of hydrogen-bond acceptors (Lipinski definition) is 9. The lowest BCUT2D eigenvalue weighted by molar-refractivity contribution is -0.297. The van der Waals surface area contributed by atoms with Gasteiger partial charge in [-0.15, -0.1) is 0 Å². The van der Waals surface area contributed by atoms with Gasteiger partial charge in [0.25, 0.3) is 0 Å². The van der Waals surface area contributed by atoms with Crippen LogP contribution in [0.15, 0.2) is 47.4 Å². The molecule has 2 aliphatic heterocycles. The number of rotatable bonds is 9. The fourth-order valence-electron chi connectivity index (χ4n) is 6.33. The first-order chi connectivity index (χ1) is 21.1. The minimum atomic E-state index is -3.95. The predicted molar refractivity (Wildman–Crippen MR) is 164 cm³/mol. The number of aliphatic hydroxyl groups excluding tert-OH is 4. The second-order valence-corrected chi connectivity index (χ2v) is 14.1. The van der Waals surface area contributed by atoms with Crippen LogP contribution in [0.4, 0.5) is 25.0 Å². The zero-order valence-corrected chi connectivity index (χ0v) is 26.6. The zero-order chi connectivity index (χ0) is 33.3. The maximum atomic E-state index is 14.1. The van der Waals surface area contributed by atoms with Gasteiger partial charge in [-0.1, -0.05) is 38.8 Å². The molecular formula is C31H43F2N3O8S. The molecule has 0 unspecified atom stereocenters. The molecule has 45 heavy (non-hydrogen) atoms. The summed E-state index contributed by atoms with van der Waals surface area (Å²) in [5.74, 6) is -4.95. The molecule has 2 aromatic rings. The van der Waals surface area contributed by atoms with Crippen molar-refractivity contribution in [2.24, 2.45) is 5.41 Å². The standard InChI is InChI=1S/C31H43F2N3O8S/c1-5-7-13-30(6-2)17-45(42,43)22-12-11-20(36(3)4)15-21(22)24(26(30)39)18-9-8-10-19(14-18)34-29(41)35-28-25(38)27(40)31(32,33)23(16-37)44-28/h8-12,14-15,23-28,37-40H,5-7,13,16-17H2,1-4H3,(H2,34,35,41)/t23-,24-,25-,26-,27-,28-,30-/m1/s1. The Bertz CT molecular complexity index is 1470. The van der Waals surface area contributed by atoms with Crippen molar-refractivity contribution < 1.29 is 47.2 Å². The van der Waals surface area contributed by atoms with Gasteiger partial charge in [0.1, 0.15) is 12.2 Å². The van der Waals surface area contributed by atoms with Crippen LogP contribution in [0.2, 0.25) is 0 Å². The first kappa shape index (κ1) is 35.0. The highest BCUT2D eigenvalue weighted by atomic mass is 32.2. The van der Waals surface area contributed by atoms with Gasteiger partial charge in [-0.3, -0.25) is 0 Å². The monoisotopic (exact) mass is 655 g/mol. The van der Waals surface area contributed by atoms with E-state index in [0.29, 0.717) is 24.0 Å². The number of hydrogen-bond donors (Lipinski definition) is 6. The lowest BCUT2D eigenvalue weighted by Crippen LogP contribution is -2.66. The number of aliphatic hydroxyl groups is 4. The Morgan fingerprint density at radius 2 is 1.80 bits per heavy atom. The molecule has 6 N–H and O–H groups in total. The number of nitrogens with zero attached hydrogens (tertiary/aromatic N) is 1. The third-order valence-corrected chi connectivity index (χ3v) is 11.0. The number of unbranched alkanes of at least 4 members (excludes halogenated alkanes) is 1. The number of alkyl halides is 2. The first-order valence-corrected chi connectivity index (χ1v) is 16.7.